The van der Waals surface area contributed by atoms with E-state index >= 15 is 0 Å². The Balaban J connectivity index is 0.00000364. The third kappa shape index (κ3) is 8.75. The van der Waals surface area contributed by atoms with Gasteiger partial charge in [0.1, 0.15) is 0 Å². The van der Waals surface area contributed by atoms with Crippen LogP contribution in [0.25, 0.3) is 0 Å². The Kier molecular flexibility index (Phi) is 11.2. The average Bonchev–Trinajstić information content (AvgIpc) is 3.11. The number of sulfonamides is 1. The molecule has 0 spiro atoms. The molecular formula is C18H31IN4O3S. The lowest BCUT2D eigenvalue weighted by atomic mass is 10.1. The first-order valence-corrected chi connectivity index (χ1v) is 10.7. The summed E-state index contributed by atoms with van der Waals surface area (Å²) in [5.74, 6) is 1.39. The fourth-order valence-electron chi connectivity index (χ4n) is 2.89. The highest BCUT2D eigenvalue weighted by atomic mass is 127. The summed E-state index contributed by atoms with van der Waals surface area (Å²) >= 11 is 0. The van der Waals surface area contributed by atoms with E-state index in [0.717, 1.165) is 32.1 Å². The molecule has 1 aliphatic rings. The van der Waals surface area contributed by atoms with E-state index in [1.54, 1.807) is 14.0 Å². The van der Waals surface area contributed by atoms with Crippen LogP contribution in [-0.4, -0.2) is 64.9 Å². The number of likely N-dealkylation sites (tertiary alicyclic amines) is 1. The molecule has 1 heterocycles. The van der Waals surface area contributed by atoms with E-state index in [4.69, 9.17) is 4.74 Å². The summed E-state index contributed by atoms with van der Waals surface area (Å²) < 4.78 is 31.2. The zero-order chi connectivity index (χ0) is 18.8. The fraction of sp³-hybridized carbons (Fsp3) is 0.611. The highest BCUT2D eigenvalue weighted by Crippen LogP contribution is 2.17. The van der Waals surface area contributed by atoms with Crippen LogP contribution in [-0.2, 0) is 21.4 Å². The molecule has 1 aromatic rings. The van der Waals surface area contributed by atoms with Crippen molar-refractivity contribution >= 4 is 40.0 Å². The molecule has 2 rings (SSSR count). The van der Waals surface area contributed by atoms with Crippen LogP contribution in [0.4, 0.5) is 0 Å². The van der Waals surface area contributed by atoms with E-state index < -0.39 is 10.0 Å². The van der Waals surface area contributed by atoms with E-state index in [0.29, 0.717) is 25.6 Å². The summed E-state index contributed by atoms with van der Waals surface area (Å²) in [6, 6.07) is 10.2. The number of guanidine groups is 1. The molecule has 1 aliphatic heterocycles. The Morgan fingerprint density at radius 2 is 2.04 bits per heavy atom. The Bertz CT molecular complexity index is 670. The third-order valence-electron chi connectivity index (χ3n) is 4.37. The first kappa shape index (κ1) is 24.1. The SMILES string of the molecule is CCS(=O)(=O)NCCNC(=NC)N1CCC(COCc2ccccc2)C1.I. The molecule has 2 N–H and O–H groups in total. The molecule has 9 heteroatoms. The second-order valence-electron chi connectivity index (χ2n) is 6.37. The molecule has 1 fully saturated rings. The van der Waals surface area contributed by atoms with Crippen molar-refractivity contribution in [3.63, 3.8) is 0 Å². The molecule has 7 nitrogen and oxygen atoms in total. The highest BCUT2D eigenvalue weighted by Gasteiger charge is 2.24. The normalized spacial score (nSPS) is 17.6. The maximum Gasteiger partial charge on any atom is 0.211 e. The predicted molar refractivity (Wildman–Crippen MR) is 120 cm³/mol. The van der Waals surface area contributed by atoms with Gasteiger partial charge in [-0.05, 0) is 18.9 Å². The van der Waals surface area contributed by atoms with Crippen LogP contribution >= 0.6 is 24.0 Å². The Hall–Kier alpha value is -0.910. The van der Waals surface area contributed by atoms with Gasteiger partial charge < -0.3 is 15.0 Å². The van der Waals surface area contributed by atoms with Crippen molar-refractivity contribution in [3.05, 3.63) is 35.9 Å². The maximum absolute atomic E-state index is 11.4. The summed E-state index contributed by atoms with van der Waals surface area (Å²) in [6.45, 7) is 5.69. The summed E-state index contributed by atoms with van der Waals surface area (Å²) in [7, 11) is -1.40. The van der Waals surface area contributed by atoms with Crippen molar-refractivity contribution in [2.24, 2.45) is 10.9 Å². The van der Waals surface area contributed by atoms with Crippen LogP contribution in [0, 0.1) is 5.92 Å². The molecule has 0 amide bonds. The number of hydrogen-bond acceptors (Lipinski definition) is 4. The van der Waals surface area contributed by atoms with Crippen LogP contribution in [0.2, 0.25) is 0 Å². The summed E-state index contributed by atoms with van der Waals surface area (Å²) in [6.07, 6.45) is 1.07. The van der Waals surface area contributed by atoms with E-state index in [2.05, 4.69) is 32.1 Å². The van der Waals surface area contributed by atoms with Gasteiger partial charge in [0.25, 0.3) is 0 Å². The van der Waals surface area contributed by atoms with E-state index in [9.17, 15) is 8.42 Å². The molecule has 27 heavy (non-hydrogen) atoms. The number of hydrogen-bond donors (Lipinski definition) is 2. The highest BCUT2D eigenvalue weighted by molar-refractivity contribution is 14.0. The van der Waals surface area contributed by atoms with Crippen molar-refractivity contribution in [2.75, 3.05) is 45.6 Å². The van der Waals surface area contributed by atoms with E-state index in [-0.39, 0.29) is 29.7 Å². The average molecular weight is 510 g/mol. The van der Waals surface area contributed by atoms with Gasteiger partial charge in [0.2, 0.25) is 10.0 Å². The molecule has 1 saturated heterocycles. The number of ether oxygens (including phenoxy) is 1. The zero-order valence-electron chi connectivity index (χ0n) is 16.1. The minimum absolute atomic E-state index is 0. The molecule has 1 unspecified atom stereocenters. The Morgan fingerprint density at radius 3 is 2.70 bits per heavy atom. The number of benzene rings is 1. The second-order valence-corrected chi connectivity index (χ2v) is 8.47. The van der Waals surface area contributed by atoms with Gasteiger partial charge in [0.15, 0.2) is 5.96 Å². The van der Waals surface area contributed by atoms with Gasteiger partial charge in [-0.3, -0.25) is 4.99 Å². The zero-order valence-corrected chi connectivity index (χ0v) is 19.2. The van der Waals surface area contributed by atoms with Crippen LogP contribution in [0.1, 0.15) is 18.9 Å². The smallest absolute Gasteiger partial charge is 0.211 e. The standard InChI is InChI=1S/C18H30N4O3S.HI/c1-3-26(23,24)21-11-10-20-18(19-2)22-12-9-17(13-22)15-25-14-16-7-5-4-6-8-16;/h4-8,17,21H,3,9-15H2,1-2H3,(H,19,20);1H. The number of aliphatic imine (C=N–C) groups is 1. The van der Waals surface area contributed by atoms with Gasteiger partial charge in [-0.15, -0.1) is 24.0 Å². The first-order valence-electron chi connectivity index (χ1n) is 9.08. The lowest BCUT2D eigenvalue weighted by molar-refractivity contribution is 0.0907. The largest absolute Gasteiger partial charge is 0.376 e. The number of nitrogens with zero attached hydrogens (tertiary/aromatic N) is 2. The van der Waals surface area contributed by atoms with Crippen molar-refractivity contribution in [2.45, 2.75) is 20.0 Å². The van der Waals surface area contributed by atoms with Crippen LogP contribution in [0.3, 0.4) is 0 Å². The second kappa shape index (κ2) is 12.5. The number of nitrogens with one attached hydrogen (secondary N) is 2. The summed E-state index contributed by atoms with van der Waals surface area (Å²) in [5.41, 5.74) is 1.19. The predicted octanol–water partition coefficient (Wildman–Crippen LogP) is 1.66. The first-order chi connectivity index (χ1) is 12.5. The molecule has 1 atom stereocenters. The monoisotopic (exact) mass is 510 g/mol. The molecule has 1 aromatic carbocycles. The van der Waals surface area contributed by atoms with Gasteiger partial charge in [-0.25, -0.2) is 13.1 Å². The van der Waals surface area contributed by atoms with Crippen LogP contribution in [0.5, 0.6) is 0 Å². The lowest BCUT2D eigenvalue weighted by Gasteiger charge is -2.21. The third-order valence-corrected chi connectivity index (χ3v) is 5.78. The minimum atomic E-state index is -3.15. The minimum Gasteiger partial charge on any atom is -0.376 e. The van der Waals surface area contributed by atoms with Crippen LogP contribution < -0.4 is 10.0 Å². The Labute approximate surface area is 180 Å². The summed E-state index contributed by atoms with van der Waals surface area (Å²) in [4.78, 5) is 6.50. The lowest BCUT2D eigenvalue weighted by Crippen LogP contribution is -2.43. The quantitative estimate of drug-likeness (QED) is 0.229. The molecule has 0 saturated carbocycles. The van der Waals surface area contributed by atoms with Gasteiger partial charge >= 0.3 is 0 Å². The molecule has 0 radical (unpaired) electrons. The van der Waals surface area contributed by atoms with Gasteiger partial charge in [-0.1, -0.05) is 30.3 Å². The van der Waals surface area contributed by atoms with E-state index in [1.807, 2.05) is 18.2 Å². The van der Waals surface area contributed by atoms with Crippen molar-refractivity contribution < 1.29 is 13.2 Å². The maximum atomic E-state index is 11.4. The van der Waals surface area contributed by atoms with Crippen molar-refractivity contribution in [1.29, 1.82) is 0 Å². The van der Waals surface area contributed by atoms with Crippen molar-refractivity contribution in [3.8, 4) is 0 Å². The topological polar surface area (TPSA) is 83.0 Å². The van der Waals surface area contributed by atoms with Crippen molar-refractivity contribution in [1.82, 2.24) is 14.9 Å². The van der Waals surface area contributed by atoms with Crippen LogP contribution in [0.15, 0.2) is 35.3 Å². The molecule has 0 aliphatic carbocycles. The Morgan fingerprint density at radius 1 is 1.30 bits per heavy atom. The number of halogens is 1. The molecule has 0 aromatic heterocycles. The fourth-order valence-corrected chi connectivity index (χ4v) is 3.51. The molecule has 154 valence electrons. The van der Waals surface area contributed by atoms with E-state index in [1.165, 1.54) is 5.56 Å². The molecule has 0 bridgehead atoms. The van der Waals surface area contributed by atoms with Gasteiger partial charge in [0.05, 0.1) is 19.0 Å². The summed E-state index contributed by atoms with van der Waals surface area (Å²) in [5, 5.41) is 3.22. The number of rotatable bonds is 9. The molecular weight excluding hydrogens is 479 g/mol. The van der Waals surface area contributed by atoms with Gasteiger partial charge in [0, 0.05) is 39.1 Å². The van der Waals surface area contributed by atoms with Gasteiger partial charge in [-0.2, -0.15) is 0 Å².